The van der Waals surface area contributed by atoms with E-state index in [4.69, 9.17) is 5.11 Å². The summed E-state index contributed by atoms with van der Waals surface area (Å²) in [5.74, 6) is -1.36. The topological polar surface area (TPSA) is 99.3 Å². The van der Waals surface area contributed by atoms with Crippen LogP contribution >= 0.6 is 0 Å². The van der Waals surface area contributed by atoms with Gasteiger partial charge in [-0.25, -0.2) is 17.9 Å². The zero-order valence-electron chi connectivity index (χ0n) is 9.94. The molecule has 0 bridgehead atoms. The third kappa shape index (κ3) is 4.58. The van der Waals surface area contributed by atoms with Crippen molar-refractivity contribution in [1.82, 2.24) is 9.71 Å². The van der Waals surface area contributed by atoms with E-state index in [1.807, 2.05) is 0 Å². The molecule has 0 unspecified atom stereocenters. The lowest BCUT2D eigenvalue weighted by atomic mass is 10.1. The molecule has 0 saturated heterocycles. The third-order valence-corrected chi connectivity index (χ3v) is 3.43. The molecule has 1 rings (SSSR count). The highest BCUT2D eigenvalue weighted by Crippen LogP contribution is 2.10. The molecule has 1 aromatic rings. The van der Waals surface area contributed by atoms with Crippen LogP contribution in [0.15, 0.2) is 12.3 Å². The number of carbonyl (C=O) groups is 1. The fourth-order valence-corrected chi connectivity index (χ4v) is 2.98. The first kappa shape index (κ1) is 13.7. The van der Waals surface area contributed by atoms with E-state index in [1.165, 1.54) is 12.3 Å². The van der Waals surface area contributed by atoms with Crippen molar-refractivity contribution in [3.63, 3.8) is 0 Å². The molecule has 6 nitrogen and oxygen atoms in total. The molecule has 96 valence electrons. The number of carboxylic acids is 1. The summed E-state index contributed by atoms with van der Waals surface area (Å²) in [6.07, 6.45) is 1.38. The van der Waals surface area contributed by atoms with Crippen LogP contribution in [-0.2, 0) is 15.8 Å². The number of sulfonamides is 1. The molecule has 3 N–H and O–H groups in total. The number of carboxylic acid groups (broad SMARTS) is 1. The van der Waals surface area contributed by atoms with E-state index >= 15 is 0 Å². The summed E-state index contributed by atoms with van der Waals surface area (Å²) >= 11 is 0. The minimum Gasteiger partial charge on any atom is -0.477 e. The van der Waals surface area contributed by atoms with Crippen LogP contribution in [0.3, 0.4) is 0 Å². The Balaban J connectivity index is 2.80. The van der Waals surface area contributed by atoms with E-state index in [0.717, 1.165) is 0 Å². The van der Waals surface area contributed by atoms with Crippen LogP contribution in [0.1, 0.15) is 36.8 Å². The Kier molecular flexibility index (Phi) is 3.63. The van der Waals surface area contributed by atoms with E-state index in [9.17, 15) is 13.2 Å². The molecule has 0 atom stereocenters. The van der Waals surface area contributed by atoms with Gasteiger partial charge in [-0.15, -0.1) is 0 Å². The van der Waals surface area contributed by atoms with Crippen molar-refractivity contribution in [3.05, 3.63) is 23.5 Å². The van der Waals surface area contributed by atoms with Crippen LogP contribution < -0.4 is 4.72 Å². The Labute approximate surface area is 100 Å². The second kappa shape index (κ2) is 4.50. The zero-order valence-corrected chi connectivity index (χ0v) is 10.8. The van der Waals surface area contributed by atoms with Crippen molar-refractivity contribution >= 4 is 16.0 Å². The van der Waals surface area contributed by atoms with Gasteiger partial charge in [0.15, 0.2) is 0 Å². The number of hydrogen-bond acceptors (Lipinski definition) is 3. The van der Waals surface area contributed by atoms with Crippen LogP contribution in [-0.4, -0.2) is 30.0 Å². The average molecular weight is 260 g/mol. The molecule has 0 aliphatic carbocycles. The second-order valence-corrected chi connectivity index (χ2v) is 6.56. The Morgan fingerprint density at radius 3 is 2.47 bits per heavy atom. The maximum absolute atomic E-state index is 11.7. The van der Waals surface area contributed by atoms with Crippen molar-refractivity contribution in [2.24, 2.45) is 0 Å². The van der Waals surface area contributed by atoms with Crippen molar-refractivity contribution in [3.8, 4) is 0 Å². The van der Waals surface area contributed by atoms with Crippen LogP contribution in [0.25, 0.3) is 0 Å². The first-order valence-electron chi connectivity index (χ1n) is 5.01. The third-order valence-electron chi connectivity index (χ3n) is 1.79. The standard InChI is InChI=1S/C10H16N2O4S/c1-10(2,3)12-17(15,16)6-7-4-8(9(13)14)11-5-7/h4-5,11-12H,6H2,1-3H3,(H,13,14). The van der Waals surface area contributed by atoms with Gasteiger partial charge in [0.1, 0.15) is 5.69 Å². The molecule has 0 fully saturated rings. The van der Waals surface area contributed by atoms with Gasteiger partial charge in [0, 0.05) is 11.7 Å². The van der Waals surface area contributed by atoms with Crippen molar-refractivity contribution in [2.45, 2.75) is 32.1 Å². The largest absolute Gasteiger partial charge is 0.477 e. The van der Waals surface area contributed by atoms with Gasteiger partial charge in [-0.3, -0.25) is 0 Å². The van der Waals surface area contributed by atoms with Crippen molar-refractivity contribution < 1.29 is 18.3 Å². The Hall–Kier alpha value is -1.34. The number of aromatic nitrogens is 1. The smallest absolute Gasteiger partial charge is 0.352 e. The predicted octanol–water partition coefficient (Wildman–Crippen LogP) is 0.931. The summed E-state index contributed by atoms with van der Waals surface area (Å²) in [5, 5.41) is 8.69. The van der Waals surface area contributed by atoms with Gasteiger partial charge >= 0.3 is 5.97 Å². The van der Waals surface area contributed by atoms with Crippen molar-refractivity contribution in [2.75, 3.05) is 0 Å². The average Bonchev–Trinajstić information content (AvgIpc) is 2.46. The quantitative estimate of drug-likeness (QED) is 0.749. The molecule has 0 saturated carbocycles. The number of aromatic amines is 1. The van der Waals surface area contributed by atoms with E-state index in [-0.39, 0.29) is 11.4 Å². The SMILES string of the molecule is CC(C)(C)NS(=O)(=O)Cc1c[nH]c(C(=O)O)c1. The normalized spacial score (nSPS) is 12.6. The molecule has 0 radical (unpaired) electrons. The van der Waals surface area contributed by atoms with Gasteiger partial charge in [-0.2, -0.15) is 0 Å². The summed E-state index contributed by atoms with van der Waals surface area (Å²) < 4.78 is 25.9. The highest BCUT2D eigenvalue weighted by Gasteiger charge is 2.21. The van der Waals surface area contributed by atoms with E-state index in [2.05, 4.69) is 9.71 Å². The number of hydrogen-bond donors (Lipinski definition) is 3. The predicted molar refractivity (Wildman–Crippen MR) is 63.3 cm³/mol. The molecular weight excluding hydrogens is 244 g/mol. The number of rotatable bonds is 4. The zero-order chi connectivity index (χ0) is 13.3. The fourth-order valence-electron chi connectivity index (χ4n) is 1.37. The second-order valence-electron chi connectivity index (χ2n) is 4.84. The lowest BCUT2D eigenvalue weighted by Crippen LogP contribution is -2.41. The fraction of sp³-hybridized carbons (Fsp3) is 0.500. The Morgan fingerprint density at radius 1 is 1.47 bits per heavy atom. The summed E-state index contributed by atoms with van der Waals surface area (Å²) in [6.45, 7) is 5.22. The lowest BCUT2D eigenvalue weighted by molar-refractivity contribution is 0.0691. The minimum atomic E-state index is -3.47. The molecule has 0 aromatic carbocycles. The van der Waals surface area contributed by atoms with Crippen LogP contribution in [0, 0.1) is 0 Å². The molecule has 1 heterocycles. The molecule has 7 heteroatoms. The monoisotopic (exact) mass is 260 g/mol. The van der Waals surface area contributed by atoms with Gasteiger partial charge < -0.3 is 10.1 Å². The van der Waals surface area contributed by atoms with Gasteiger partial charge in [0.05, 0.1) is 5.75 Å². The molecule has 0 spiro atoms. The van der Waals surface area contributed by atoms with Crippen LogP contribution in [0.4, 0.5) is 0 Å². The number of aromatic carboxylic acids is 1. The summed E-state index contributed by atoms with van der Waals surface area (Å²) in [5.41, 5.74) is -0.157. The molecule has 0 aliphatic heterocycles. The lowest BCUT2D eigenvalue weighted by Gasteiger charge is -2.19. The van der Waals surface area contributed by atoms with E-state index in [0.29, 0.717) is 5.56 Å². The van der Waals surface area contributed by atoms with Crippen LogP contribution in [0.5, 0.6) is 0 Å². The van der Waals surface area contributed by atoms with Crippen LogP contribution in [0.2, 0.25) is 0 Å². The first-order valence-corrected chi connectivity index (χ1v) is 6.66. The van der Waals surface area contributed by atoms with E-state index < -0.39 is 21.5 Å². The summed E-state index contributed by atoms with van der Waals surface area (Å²) in [4.78, 5) is 13.1. The molecular formula is C10H16N2O4S. The molecule has 1 aromatic heterocycles. The number of nitrogens with one attached hydrogen (secondary N) is 2. The Bertz CT molecular complexity index is 511. The van der Waals surface area contributed by atoms with Crippen molar-refractivity contribution in [1.29, 1.82) is 0 Å². The van der Waals surface area contributed by atoms with E-state index in [1.54, 1.807) is 20.8 Å². The number of H-pyrrole nitrogens is 1. The van der Waals surface area contributed by atoms with Gasteiger partial charge in [0.2, 0.25) is 10.0 Å². The Morgan fingerprint density at radius 2 is 2.06 bits per heavy atom. The molecule has 0 aliphatic rings. The molecule has 0 amide bonds. The highest BCUT2D eigenvalue weighted by molar-refractivity contribution is 7.88. The maximum Gasteiger partial charge on any atom is 0.352 e. The van der Waals surface area contributed by atoms with Gasteiger partial charge in [-0.1, -0.05) is 0 Å². The first-order chi connectivity index (χ1) is 7.59. The maximum atomic E-state index is 11.7. The summed E-state index contributed by atoms with van der Waals surface area (Å²) in [6, 6.07) is 1.31. The highest BCUT2D eigenvalue weighted by atomic mass is 32.2. The minimum absolute atomic E-state index is 0.0223. The summed E-state index contributed by atoms with van der Waals surface area (Å²) in [7, 11) is -3.47. The van der Waals surface area contributed by atoms with Gasteiger partial charge in [-0.05, 0) is 32.4 Å². The van der Waals surface area contributed by atoms with Gasteiger partial charge in [0.25, 0.3) is 0 Å². The molecule has 17 heavy (non-hydrogen) atoms.